The van der Waals surface area contributed by atoms with Crippen molar-refractivity contribution in [1.82, 2.24) is 9.97 Å². The molecule has 3 aromatic rings. The Morgan fingerprint density at radius 3 is 2.88 bits per heavy atom. The van der Waals surface area contributed by atoms with Gasteiger partial charge in [0.2, 0.25) is 5.91 Å². The summed E-state index contributed by atoms with van der Waals surface area (Å²) in [6.07, 6.45) is 5.39. The van der Waals surface area contributed by atoms with E-state index < -0.39 is 0 Å². The van der Waals surface area contributed by atoms with Crippen molar-refractivity contribution in [2.45, 2.75) is 23.1 Å². The molecule has 2 aromatic heterocycles. The highest BCUT2D eigenvalue weighted by Crippen LogP contribution is 2.38. The highest BCUT2D eigenvalue weighted by molar-refractivity contribution is 8.00. The SMILES string of the molecule is CNc1ncc(C#Cc2ccc3c(c2)SC(COC)N3)c2cc(NC(=O)C3CC3)ncc12. The number of carbonyl (C=O) groups is 1. The van der Waals surface area contributed by atoms with Crippen LogP contribution in [0.3, 0.4) is 0 Å². The Hall–Kier alpha value is -3.28. The van der Waals surface area contributed by atoms with E-state index in [2.05, 4.69) is 49.9 Å². The summed E-state index contributed by atoms with van der Waals surface area (Å²) in [5, 5.41) is 11.4. The summed E-state index contributed by atoms with van der Waals surface area (Å²) in [5.74, 6) is 7.94. The monoisotopic (exact) mass is 445 g/mol. The first-order valence-corrected chi connectivity index (χ1v) is 11.4. The third-order valence-corrected chi connectivity index (χ3v) is 6.57. The zero-order valence-corrected chi connectivity index (χ0v) is 18.7. The van der Waals surface area contributed by atoms with Gasteiger partial charge < -0.3 is 20.7 Å². The van der Waals surface area contributed by atoms with Crippen LogP contribution in [0.15, 0.2) is 41.6 Å². The highest BCUT2D eigenvalue weighted by atomic mass is 32.2. The molecule has 0 radical (unpaired) electrons. The largest absolute Gasteiger partial charge is 0.382 e. The number of anilines is 3. The van der Waals surface area contributed by atoms with Gasteiger partial charge in [-0.3, -0.25) is 4.79 Å². The van der Waals surface area contributed by atoms with Crippen LogP contribution in [-0.4, -0.2) is 42.0 Å². The lowest BCUT2D eigenvalue weighted by atomic mass is 10.1. The van der Waals surface area contributed by atoms with E-state index in [0.29, 0.717) is 12.4 Å². The topological polar surface area (TPSA) is 88.2 Å². The smallest absolute Gasteiger partial charge is 0.228 e. The number of hydrogen-bond acceptors (Lipinski definition) is 7. The number of hydrogen-bond donors (Lipinski definition) is 3. The van der Waals surface area contributed by atoms with Crippen molar-refractivity contribution >= 4 is 45.8 Å². The van der Waals surface area contributed by atoms with Gasteiger partial charge in [0, 0.05) is 59.4 Å². The van der Waals surface area contributed by atoms with E-state index in [4.69, 9.17) is 4.74 Å². The lowest BCUT2D eigenvalue weighted by Gasteiger charge is -2.09. The fourth-order valence-corrected chi connectivity index (χ4v) is 4.76. The van der Waals surface area contributed by atoms with Crippen LogP contribution in [0.2, 0.25) is 0 Å². The molecule has 5 rings (SSSR count). The molecular formula is C24H23N5O2S. The predicted molar refractivity (Wildman–Crippen MR) is 128 cm³/mol. The molecule has 1 aromatic carbocycles. The molecule has 0 spiro atoms. The van der Waals surface area contributed by atoms with Crippen molar-refractivity contribution in [3.05, 3.63) is 47.8 Å². The molecule has 0 saturated heterocycles. The van der Waals surface area contributed by atoms with Gasteiger partial charge in [0.25, 0.3) is 0 Å². The summed E-state index contributed by atoms with van der Waals surface area (Å²) in [7, 11) is 3.53. The second kappa shape index (κ2) is 8.69. The van der Waals surface area contributed by atoms with Gasteiger partial charge in [-0.2, -0.15) is 0 Å². The van der Waals surface area contributed by atoms with E-state index in [1.807, 2.05) is 19.2 Å². The number of nitrogens with zero attached hydrogens (tertiary/aromatic N) is 2. The lowest BCUT2D eigenvalue weighted by Crippen LogP contribution is -2.16. The van der Waals surface area contributed by atoms with Crippen LogP contribution in [0.1, 0.15) is 24.0 Å². The fourth-order valence-electron chi connectivity index (χ4n) is 3.62. The zero-order chi connectivity index (χ0) is 22.1. The van der Waals surface area contributed by atoms with Gasteiger partial charge >= 0.3 is 0 Å². The number of ether oxygens (including phenoxy) is 1. The van der Waals surface area contributed by atoms with Gasteiger partial charge in [0.05, 0.1) is 12.2 Å². The Labute approximate surface area is 190 Å². The Kier molecular flexibility index (Phi) is 5.60. The van der Waals surface area contributed by atoms with Crippen LogP contribution in [0.25, 0.3) is 10.8 Å². The van der Waals surface area contributed by atoms with Gasteiger partial charge in [-0.05, 0) is 37.1 Å². The summed E-state index contributed by atoms with van der Waals surface area (Å²) < 4.78 is 5.25. The first-order chi connectivity index (χ1) is 15.6. The average Bonchev–Trinajstić information content (AvgIpc) is 3.58. The van der Waals surface area contributed by atoms with Crippen molar-refractivity contribution in [1.29, 1.82) is 0 Å². The van der Waals surface area contributed by atoms with Crippen LogP contribution in [0.4, 0.5) is 17.3 Å². The third kappa shape index (κ3) is 4.22. The van der Waals surface area contributed by atoms with Gasteiger partial charge in [-0.1, -0.05) is 23.6 Å². The zero-order valence-electron chi connectivity index (χ0n) is 17.9. The normalized spacial score (nSPS) is 16.6. The number of carbonyl (C=O) groups excluding carboxylic acids is 1. The quantitative estimate of drug-likeness (QED) is 0.513. The van der Waals surface area contributed by atoms with E-state index in [1.54, 1.807) is 31.3 Å². The molecule has 162 valence electrons. The van der Waals surface area contributed by atoms with Crippen molar-refractivity contribution in [2.75, 3.05) is 36.7 Å². The molecule has 32 heavy (non-hydrogen) atoms. The van der Waals surface area contributed by atoms with E-state index in [9.17, 15) is 4.79 Å². The Bertz CT molecular complexity index is 1260. The van der Waals surface area contributed by atoms with E-state index in [1.165, 1.54) is 4.90 Å². The molecule has 0 bridgehead atoms. The molecule has 2 aliphatic rings. The fraction of sp³-hybridized carbons (Fsp3) is 0.292. The van der Waals surface area contributed by atoms with E-state index in [-0.39, 0.29) is 17.2 Å². The molecule has 3 heterocycles. The van der Waals surface area contributed by atoms with Crippen molar-refractivity contribution in [2.24, 2.45) is 5.92 Å². The molecule has 1 amide bonds. The van der Waals surface area contributed by atoms with Gasteiger partial charge in [-0.15, -0.1) is 0 Å². The molecule has 1 unspecified atom stereocenters. The summed E-state index contributed by atoms with van der Waals surface area (Å²) in [6, 6.07) is 8.03. The maximum atomic E-state index is 12.2. The standard InChI is InChI=1S/C24H23N5O2S/c1-25-23-18-12-26-21(29-24(30)15-6-7-15)10-17(18)16(11-27-23)5-3-14-4-8-19-20(9-14)32-22(28-19)13-31-2/h4,8-12,15,22,28H,6-7,13H2,1-2H3,(H,25,27)(H,26,29,30). The number of pyridine rings is 2. The Morgan fingerprint density at radius 2 is 2.09 bits per heavy atom. The maximum absolute atomic E-state index is 12.2. The first kappa shape index (κ1) is 20.6. The number of methoxy groups -OCH3 is 1. The number of thioether (sulfide) groups is 1. The number of aromatic nitrogens is 2. The minimum atomic E-state index is 0.0309. The van der Waals surface area contributed by atoms with Crippen LogP contribution in [-0.2, 0) is 9.53 Å². The minimum absolute atomic E-state index is 0.0309. The molecular weight excluding hydrogens is 422 g/mol. The number of rotatable bonds is 5. The molecule has 1 aliphatic carbocycles. The molecule has 1 atom stereocenters. The highest BCUT2D eigenvalue weighted by Gasteiger charge is 2.29. The maximum Gasteiger partial charge on any atom is 0.228 e. The van der Waals surface area contributed by atoms with Crippen molar-refractivity contribution < 1.29 is 9.53 Å². The van der Waals surface area contributed by atoms with Crippen LogP contribution in [0, 0.1) is 17.8 Å². The number of nitrogens with one attached hydrogen (secondary N) is 3. The predicted octanol–water partition coefficient (Wildman–Crippen LogP) is 3.91. The molecule has 1 saturated carbocycles. The summed E-state index contributed by atoms with van der Waals surface area (Å²) in [6.45, 7) is 0.642. The Balaban J connectivity index is 1.46. The average molecular weight is 446 g/mol. The summed E-state index contributed by atoms with van der Waals surface area (Å²) in [5.41, 5.74) is 2.82. The third-order valence-electron chi connectivity index (χ3n) is 5.44. The second-order valence-electron chi connectivity index (χ2n) is 7.82. The molecule has 1 fully saturated rings. The van der Waals surface area contributed by atoms with E-state index in [0.717, 1.165) is 46.2 Å². The number of amides is 1. The summed E-state index contributed by atoms with van der Waals surface area (Å²) >= 11 is 1.75. The Morgan fingerprint density at radius 1 is 1.22 bits per heavy atom. The van der Waals surface area contributed by atoms with Crippen LogP contribution >= 0.6 is 11.8 Å². The number of fused-ring (bicyclic) bond motifs is 2. The molecule has 7 nitrogen and oxygen atoms in total. The molecule has 8 heteroatoms. The van der Waals surface area contributed by atoms with Crippen molar-refractivity contribution in [3.63, 3.8) is 0 Å². The molecule has 1 aliphatic heterocycles. The van der Waals surface area contributed by atoms with Gasteiger partial charge in [-0.25, -0.2) is 9.97 Å². The van der Waals surface area contributed by atoms with Gasteiger partial charge in [0.1, 0.15) is 17.0 Å². The van der Waals surface area contributed by atoms with Crippen LogP contribution < -0.4 is 16.0 Å². The summed E-state index contributed by atoms with van der Waals surface area (Å²) in [4.78, 5) is 22.2. The minimum Gasteiger partial charge on any atom is -0.382 e. The second-order valence-corrected chi connectivity index (χ2v) is 9.06. The van der Waals surface area contributed by atoms with Crippen molar-refractivity contribution in [3.8, 4) is 11.8 Å². The van der Waals surface area contributed by atoms with E-state index >= 15 is 0 Å². The lowest BCUT2D eigenvalue weighted by molar-refractivity contribution is -0.117. The van der Waals surface area contributed by atoms with Crippen LogP contribution in [0.5, 0.6) is 0 Å². The number of benzene rings is 1. The first-order valence-electron chi connectivity index (χ1n) is 10.5. The molecule has 3 N–H and O–H groups in total. The van der Waals surface area contributed by atoms with Gasteiger partial charge in [0.15, 0.2) is 0 Å².